The van der Waals surface area contributed by atoms with Gasteiger partial charge in [0.15, 0.2) is 0 Å². The van der Waals surface area contributed by atoms with Gasteiger partial charge in [0, 0.05) is 18.5 Å². The van der Waals surface area contributed by atoms with E-state index in [1.165, 1.54) is 7.11 Å². The first-order valence-electron chi connectivity index (χ1n) is 8.75. The lowest BCUT2D eigenvalue weighted by Crippen LogP contribution is -2.34. The van der Waals surface area contributed by atoms with Crippen molar-refractivity contribution in [2.75, 3.05) is 13.7 Å². The summed E-state index contributed by atoms with van der Waals surface area (Å²) in [7, 11) is 1.31. The molecule has 6 nitrogen and oxygen atoms in total. The van der Waals surface area contributed by atoms with Gasteiger partial charge in [0.1, 0.15) is 0 Å². The topological polar surface area (TPSA) is 84.5 Å². The molecule has 2 aromatic carbocycles. The third kappa shape index (κ3) is 6.58. The van der Waals surface area contributed by atoms with E-state index in [1.807, 2.05) is 49.4 Å². The van der Waals surface area contributed by atoms with Gasteiger partial charge in [0.05, 0.1) is 19.6 Å². The molecule has 0 heterocycles. The highest BCUT2D eigenvalue weighted by Crippen LogP contribution is 2.17. The molecule has 142 valence electrons. The number of hydrogen-bond acceptors (Lipinski definition) is 4. The highest BCUT2D eigenvalue weighted by Gasteiger charge is 2.18. The lowest BCUT2D eigenvalue weighted by atomic mass is 10.0. The number of carbonyl (C=O) groups is 3. The van der Waals surface area contributed by atoms with Gasteiger partial charge in [-0.3, -0.25) is 14.4 Å². The van der Waals surface area contributed by atoms with Crippen LogP contribution in [0.5, 0.6) is 0 Å². The number of rotatable bonds is 8. The van der Waals surface area contributed by atoms with E-state index in [4.69, 9.17) is 4.74 Å². The van der Waals surface area contributed by atoms with Gasteiger partial charge in [-0.25, -0.2) is 0 Å². The maximum atomic E-state index is 12.3. The van der Waals surface area contributed by atoms with E-state index < -0.39 is 12.0 Å². The number of methoxy groups -OCH3 is 1. The summed E-state index contributed by atoms with van der Waals surface area (Å²) in [4.78, 5) is 36.0. The first kappa shape index (κ1) is 20.2. The molecule has 0 saturated heterocycles. The van der Waals surface area contributed by atoms with Crippen molar-refractivity contribution in [3.05, 3.63) is 71.3 Å². The summed E-state index contributed by atoms with van der Waals surface area (Å²) in [6, 6.07) is 16.0. The van der Waals surface area contributed by atoms with Crippen molar-refractivity contribution in [2.24, 2.45) is 0 Å². The molecule has 6 heteroatoms. The van der Waals surface area contributed by atoms with E-state index in [0.717, 1.165) is 11.1 Å². The van der Waals surface area contributed by atoms with E-state index in [1.54, 1.807) is 12.1 Å². The lowest BCUT2D eigenvalue weighted by Gasteiger charge is -2.18. The zero-order valence-corrected chi connectivity index (χ0v) is 15.5. The molecular formula is C21H24N2O4. The van der Waals surface area contributed by atoms with Crippen LogP contribution < -0.4 is 10.6 Å². The smallest absolute Gasteiger partial charge is 0.307 e. The predicted molar refractivity (Wildman–Crippen MR) is 102 cm³/mol. The van der Waals surface area contributed by atoms with Crippen molar-refractivity contribution in [3.63, 3.8) is 0 Å². The molecule has 0 aromatic heterocycles. The number of carbonyl (C=O) groups excluding carboxylic acids is 3. The quantitative estimate of drug-likeness (QED) is 0.701. The minimum atomic E-state index is -0.473. The lowest BCUT2D eigenvalue weighted by molar-refractivity contribution is -0.141. The molecule has 2 rings (SSSR count). The predicted octanol–water partition coefficient (Wildman–Crippen LogP) is 2.54. The van der Waals surface area contributed by atoms with Crippen molar-refractivity contribution in [1.82, 2.24) is 10.6 Å². The molecule has 0 aliphatic rings. The van der Waals surface area contributed by atoms with Gasteiger partial charge in [-0.2, -0.15) is 0 Å². The Hall–Kier alpha value is -3.15. The van der Waals surface area contributed by atoms with Crippen LogP contribution in [0.25, 0.3) is 0 Å². The van der Waals surface area contributed by atoms with E-state index in [9.17, 15) is 14.4 Å². The van der Waals surface area contributed by atoms with Gasteiger partial charge in [-0.15, -0.1) is 0 Å². The second-order valence-electron chi connectivity index (χ2n) is 6.19. The van der Waals surface area contributed by atoms with Gasteiger partial charge < -0.3 is 15.4 Å². The number of benzene rings is 2. The zero-order chi connectivity index (χ0) is 19.6. The van der Waals surface area contributed by atoms with Crippen LogP contribution >= 0.6 is 0 Å². The third-order valence-electron chi connectivity index (χ3n) is 4.05. The Morgan fingerprint density at radius 1 is 1.04 bits per heavy atom. The van der Waals surface area contributed by atoms with Crippen LogP contribution in [0.15, 0.2) is 54.6 Å². The molecule has 1 atom stereocenters. The summed E-state index contributed by atoms with van der Waals surface area (Å²) in [6.07, 6.45) is 0.157. The van der Waals surface area contributed by atoms with Gasteiger partial charge in [-0.05, 0) is 24.6 Å². The highest BCUT2D eigenvalue weighted by molar-refractivity contribution is 5.94. The fourth-order valence-electron chi connectivity index (χ4n) is 2.63. The molecule has 2 aromatic rings. The van der Waals surface area contributed by atoms with Crippen LogP contribution in [-0.2, 0) is 14.3 Å². The zero-order valence-electron chi connectivity index (χ0n) is 15.5. The first-order valence-corrected chi connectivity index (χ1v) is 8.75. The van der Waals surface area contributed by atoms with E-state index in [2.05, 4.69) is 10.6 Å². The molecule has 2 amide bonds. The number of aryl methyl sites for hydroxylation is 1. The summed E-state index contributed by atoms with van der Waals surface area (Å²) < 4.78 is 4.71. The minimum absolute atomic E-state index is 0.0436. The molecule has 1 unspecified atom stereocenters. The van der Waals surface area contributed by atoms with Gasteiger partial charge >= 0.3 is 5.97 Å². The SMILES string of the molecule is COC(=O)CC(NC(=O)CCNC(=O)c1cccc(C)c1)c1ccccc1. The molecule has 0 fully saturated rings. The maximum Gasteiger partial charge on any atom is 0.307 e. The number of ether oxygens (including phenoxy) is 1. The first-order chi connectivity index (χ1) is 13.0. The molecule has 2 N–H and O–H groups in total. The number of hydrogen-bond donors (Lipinski definition) is 2. The molecule has 0 radical (unpaired) electrons. The van der Waals surface area contributed by atoms with Crippen LogP contribution in [0.2, 0.25) is 0 Å². The number of nitrogens with one attached hydrogen (secondary N) is 2. The fourth-order valence-corrected chi connectivity index (χ4v) is 2.63. The average Bonchev–Trinajstić information content (AvgIpc) is 2.68. The van der Waals surface area contributed by atoms with Crippen molar-refractivity contribution in [1.29, 1.82) is 0 Å². The Morgan fingerprint density at radius 3 is 2.44 bits per heavy atom. The molecule has 0 bridgehead atoms. The molecular weight excluding hydrogens is 344 g/mol. The van der Waals surface area contributed by atoms with E-state index in [-0.39, 0.29) is 31.2 Å². The van der Waals surface area contributed by atoms with Gasteiger partial charge in [0.25, 0.3) is 5.91 Å². The number of esters is 1. The summed E-state index contributed by atoms with van der Waals surface area (Å²) in [5, 5.41) is 5.56. The number of amides is 2. The van der Waals surface area contributed by atoms with Gasteiger partial charge in [-0.1, -0.05) is 48.0 Å². The Balaban J connectivity index is 1.88. The van der Waals surface area contributed by atoms with Crippen LogP contribution in [0.4, 0.5) is 0 Å². The second kappa shape index (κ2) is 10.1. The van der Waals surface area contributed by atoms with Crippen LogP contribution in [0.3, 0.4) is 0 Å². The Bertz CT molecular complexity index is 790. The maximum absolute atomic E-state index is 12.3. The highest BCUT2D eigenvalue weighted by atomic mass is 16.5. The van der Waals surface area contributed by atoms with Crippen molar-refractivity contribution in [2.45, 2.75) is 25.8 Å². The molecule has 0 aliphatic heterocycles. The fraction of sp³-hybridized carbons (Fsp3) is 0.286. The van der Waals surface area contributed by atoms with Crippen LogP contribution in [0.1, 0.15) is 40.4 Å². The third-order valence-corrected chi connectivity index (χ3v) is 4.05. The molecule has 0 saturated carbocycles. The summed E-state index contributed by atoms with van der Waals surface area (Å²) in [5.41, 5.74) is 2.37. The summed E-state index contributed by atoms with van der Waals surface area (Å²) in [6.45, 7) is 2.12. The van der Waals surface area contributed by atoms with Crippen molar-refractivity contribution in [3.8, 4) is 0 Å². The molecule has 0 aliphatic carbocycles. The summed E-state index contributed by atoms with van der Waals surface area (Å²) >= 11 is 0. The normalized spacial score (nSPS) is 11.3. The molecule has 27 heavy (non-hydrogen) atoms. The van der Waals surface area contributed by atoms with Crippen LogP contribution in [-0.4, -0.2) is 31.4 Å². The van der Waals surface area contributed by atoms with E-state index in [0.29, 0.717) is 5.56 Å². The second-order valence-corrected chi connectivity index (χ2v) is 6.19. The van der Waals surface area contributed by atoms with Crippen molar-refractivity contribution >= 4 is 17.8 Å². The average molecular weight is 368 g/mol. The van der Waals surface area contributed by atoms with Gasteiger partial charge in [0.2, 0.25) is 5.91 Å². The summed E-state index contributed by atoms with van der Waals surface area (Å²) in [5.74, 6) is -0.880. The monoisotopic (exact) mass is 368 g/mol. The minimum Gasteiger partial charge on any atom is -0.469 e. The Kier molecular flexibility index (Phi) is 7.55. The largest absolute Gasteiger partial charge is 0.469 e. The van der Waals surface area contributed by atoms with E-state index >= 15 is 0 Å². The Labute approximate surface area is 158 Å². The Morgan fingerprint density at radius 2 is 1.78 bits per heavy atom. The molecule has 0 spiro atoms. The van der Waals surface area contributed by atoms with Crippen molar-refractivity contribution < 1.29 is 19.1 Å². The standard InChI is InChI=1S/C21H24N2O4/c1-15-7-6-10-17(13-15)21(26)22-12-11-19(24)23-18(14-20(25)27-2)16-8-4-3-5-9-16/h3-10,13,18H,11-12,14H2,1-2H3,(H,22,26)(H,23,24). The van der Waals surface area contributed by atoms with Crippen LogP contribution in [0, 0.1) is 6.92 Å².